The van der Waals surface area contributed by atoms with Crippen molar-refractivity contribution in [2.24, 2.45) is 0 Å². The lowest BCUT2D eigenvalue weighted by Crippen LogP contribution is -2.42. The normalized spacial score (nSPS) is 14.0. The van der Waals surface area contributed by atoms with Crippen LogP contribution in [0.15, 0.2) is 48.5 Å². The van der Waals surface area contributed by atoms with Gasteiger partial charge in [0.1, 0.15) is 6.54 Å². The Hall–Kier alpha value is -2.94. The Morgan fingerprint density at radius 3 is 2.52 bits per heavy atom. The Labute approximate surface area is 198 Å². The number of halogens is 1. The maximum absolute atomic E-state index is 12.9. The fraction of sp³-hybridized carbons (Fsp3) is 0.375. The van der Waals surface area contributed by atoms with Crippen molar-refractivity contribution in [2.45, 2.75) is 13.0 Å². The van der Waals surface area contributed by atoms with Crippen LogP contribution < -0.4 is 5.32 Å². The topological polar surface area (TPSA) is 99.2 Å². The first-order valence-corrected chi connectivity index (χ1v) is 11.2. The van der Waals surface area contributed by atoms with Gasteiger partial charge in [0.05, 0.1) is 13.2 Å². The first-order chi connectivity index (χ1) is 15.9. The van der Waals surface area contributed by atoms with E-state index in [1.54, 1.807) is 42.5 Å². The Balaban J connectivity index is 1.55. The second-order valence-electron chi connectivity index (χ2n) is 7.79. The molecule has 0 saturated carbocycles. The lowest BCUT2D eigenvalue weighted by molar-refractivity contribution is -0.122. The summed E-state index contributed by atoms with van der Waals surface area (Å²) < 4.78 is 5.31. The molecule has 2 amide bonds. The predicted octanol–water partition coefficient (Wildman–Crippen LogP) is 2.89. The van der Waals surface area contributed by atoms with Crippen LogP contribution in [0.1, 0.15) is 27.9 Å². The smallest absolute Gasteiger partial charge is 0.407 e. The minimum absolute atomic E-state index is 0.0884. The molecule has 0 bridgehead atoms. The highest BCUT2D eigenvalue weighted by Crippen LogP contribution is 2.20. The second kappa shape index (κ2) is 12.3. The lowest BCUT2D eigenvalue weighted by atomic mass is 9.98. The number of amides is 2. The molecule has 2 aromatic carbocycles. The molecule has 0 aliphatic carbocycles. The summed E-state index contributed by atoms with van der Waals surface area (Å²) in [6, 6.07) is 13.7. The monoisotopic (exact) mass is 473 g/mol. The van der Waals surface area contributed by atoms with Crippen molar-refractivity contribution in [1.29, 1.82) is 0 Å². The molecule has 0 atom stereocenters. The van der Waals surface area contributed by atoms with Crippen LogP contribution in [-0.4, -0.2) is 78.6 Å². The minimum Gasteiger partial charge on any atom is -0.465 e. The maximum Gasteiger partial charge on any atom is 0.407 e. The summed E-state index contributed by atoms with van der Waals surface area (Å²) in [7, 11) is 0. The van der Waals surface area contributed by atoms with Crippen molar-refractivity contribution >= 4 is 29.4 Å². The van der Waals surface area contributed by atoms with E-state index in [4.69, 9.17) is 16.3 Å². The highest BCUT2D eigenvalue weighted by atomic mass is 35.5. The number of ether oxygens (including phenoxy) is 1. The zero-order valence-corrected chi connectivity index (χ0v) is 19.1. The fourth-order valence-corrected chi connectivity index (χ4v) is 3.81. The molecular weight excluding hydrogens is 446 g/mol. The molecule has 0 unspecified atom stereocenters. The minimum atomic E-state index is -1.14. The molecule has 1 fully saturated rings. The third kappa shape index (κ3) is 7.56. The van der Waals surface area contributed by atoms with Gasteiger partial charge in [-0.25, -0.2) is 4.79 Å². The Bertz CT molecular complexity index is 964. The Morgan fingerprint density at radius 2 is 1.82 bits per heavy atom. The molecule has 0 aromatic heterocycles. The van der Waals surface area contributed by atoms with E-state index in [1.165, 1.54) is 0 Å². The number of ketones is 1. The van der Waals surface area contributed by atoms with Gasteiger partial charge >= 0.3 is 6.09 Å². The molecule has 33 heavy (non-hydrogen) atoms. The highest BCUT2D eigenvalue weighted by molar-refractivity contribution is 6.31. The number of hydrogen-bond acceptors (Lipinski definition) is 5. The maximum atomic E-state index is 12.9. The van der Waals surface area contributed by atoms with Gasteiger partial charge in [-0.15, -0.1) is 0 Å². The van der Waals surface area contributed by atoms with Crippen LogP contribution in [0.3, 0.4) is 0 Å². The molecule has 1 aliphatic heterocycles. The molecule has 0 radical (unpaired) electrons. The molecule has 176 valence electrons. The van der Waals surface area contributed by atoms with Gasteiger partial charge in [0, 0.05) is 48.9 Å². The van der Waals surface area contributed by atoms with Crippen LogP contribution in [0.5, 0.6) is 0 Å². The van der Waals surface area contributed by atoms with Crippen LogP contribution in [0.4, 0.5) is 4.79 Å². The van der Waals surface area contributed by atoms with Gasteiger partial charge in [0.25, 0.3) is 0 Å². The number of hydrogen-bond donors (Lipinski definition) is 2. The van der Waals surface area contributed by atoms with Gasteiger partial charge < -0.3 is 15.2 Å². The number of carboxylic acid groups (broad SMARTS) is 1. The number of carbonyl (C=O) groups excluding carboxylic acids is 2. The first kappa shape index (κ1) is 24.7. The first-order valence-electron chi connectivity index (χ1n) is 10.9. The average Bonchev–Trinajstić information content (AvgIpc) is 2.83. The summed E-state index contributed by atoms with van der Waals surface area (Å²) in [6.45, 7) is 3.87. The standard InChI is InChI=1S/C24H28ClN3O5/c25-20-8-7-19(21(15-20)23(30)18-5-2-1-3-6-18)16-26-22(29)17-28(24(31)32)10-4-9-27-11-13-33-14-12-27/h1-3,5-8,15H,4,9-14,16-17H2,(H,26,29)(H,31,32). The summed E-state index contributed by atoms with van der Waals surface area (Å²) in [5.41, 5.74) is 1.52. The van der Waals surface area contributed by atoms with Crippen molar-refractivity contribution in [3.05, 3.63) is 70.2 Å². The van der Waals surface area contributed by atoms with Crippen LogP contribution in [0, 0.1) is 0 Å². The summed E-state index contributed by atoms with van der Waals surface area (Å²) in [5, 5.41) is 12.6. The predicted molar refractivity (Wildman–Crippen MR) is 125 cm³/mol. The van der Waals surface area contributed by atoms with Gasteiger partial charge in [0.2, 0.25) is 5.91 Å². The molecule has 1 saturated heterocycles. The number of nitrogens with one attached hydrogen (secondary N) is 1. The van der Waals surface area contributed by atoms with E-state index in [0.29, 0.717) is 41.3 Å². The number of benzene rings is 2. The second-order valence-corrected chi connectivity index (χ2v) is 8.22. The van der Waals surface area contributed by atoms with E-state index in [2.05, 4.69) is 10.2 Å². The van der Waals surface area contributed by atoms with Crippen molar-refractivity contribution in [2.75, 3.05) is 45.9 Å². The SMILES string of the molecule is O=C(CN(CCCN1CCOCC1)C(=O)O)NCc1ccc(Cl)cc1C(=O)c1ccccc1. The molecule has 2 aromatic rings. The summed E-state index contributed by atoms with van der Waals surface area (Å²) in [5.74, 6) is -0.630. The average molecular weight is 474 g/mol. The van der Waals surface area contributed by atoms with E-state index in [-0.39, 0.29) is 25.4 Å². The van der Waals surface area contributed by atoms with Crippen molar-refractivity contribution in [1.82, 2.24) is 15.1 Å². The van der Waals surface area contributed by atoms with E-state index >= 15 is 0 Å². The highest BCUT2D eigenvalue weighted by Gasteiger charge is 2.19. The van der Waals surface area contributed by atoms with Crippen LogP contribution in [0.2, 0.25) is 5.02 Å². The summed E-state index contributed by atoms with van der Waals surface area (Å²) in [6.07, 6.45) is -0.509. The number of rotatable bonds is 10. The van der Waals surface area contributed by atoms with E-state index in [1.807, 2.05) is 6.07 Å². The zero-order chi connectivity index (χ0) is 23.6. The van der Waals surface area contributed by atoms with Crippen molar-refractivity contribution in [3.8, 4) is 0 Å². The summed E-state index contributed by atoms with van der Waals surface area (Å²) in [4.78, 5) is 40.3. The van der Waals surface area contributed by atoms with E-state index < -0.39 is 12.0 Å². The summed E-state index contributed by atoms with van der Waals surface area (Å²) >= 11 is 6.10. The molecule has 1 heterocycles. The van der Waals surface area contributed by atoms with Gasteiger partial charge in [-0.1, -0.05) is 48.0 Å². The number of morpholine rings is 1. The largest absolute Gasteiger partial charge is 0.465 e. The molecule has 1 aliphatic rings. The zero-order valence-electron chi connectivity index (χ0n) is 18.3. The van der Waals surface area contributed by atoms with Crippen LogP contribution in [0.25, 0.3) is 0 Å². The number of carbonyl (C=O) groups is 3. The Kier molecular flexibility index (Phi) is 9.24. The molecule has 3 rings (SSSR count). The van der Waals surface area contributed by atoms with Gasteiger partial charge in [0.15, 0.2) is 5.78 Å². The molecule has 8 nitrogen and oxygen atoms in total. The van der Waals surface area contributed by atoms with Crippen LogP contribution in [-0.2, 0) is 16.1 Å². The number of nitrogens with zero attached hydrogens (tertiary/aromatic N) is 2. The van der Waals surface area contributed by atoms with Crippen LogP contribution >= 0.6 is 11.6 Å². The Morgan fingerprint density at radius 1 is 1.09 bits per heavy atom. The lowest BCUT2D eigenvalue weighted by Gasteiger charge is -2.27. The molecule has 2 N–H and O–H groups in total. The van der Waals surface area contributed by atoms with Gasteiger partial charge in [-0.3, -0.25) is 19.4 Å². The van der Waals surface area contributed by atoms with E-state index in [9.17, 15) is 19.5 Å². The van der Waals surface area contributed by atoms with Crippen molar-refractivity contribution < 1.29 is 24.2 Å². The quantitative estimate of drug-likeness (QED) is 0.515. The van der Waals surface area contributed by atoms with Crippen molar-refractivity contribution in [3.63, 3.8) is 0 Å². The van der Waals surface area contributed by atoms with Gasteiger partial charge in [-0.2, -0.15) is 0 Å². The molecule has 9 heteroatoms. The van der Waals surface area contributed by atoms with Gasteiger partial charge in [-0.05, 0) is 24.1 Å². The third-order valence-corrected chi connectivity index (χ3v) is 5.67. The molecule has 0 spiro atoms. The fourth-order valence-electron chi connectivity index (χ4n) is 3.63. The van der Waals surface area contributed by atoms with E-state index in [0.717, 1.165) is 24.5 Å². The molecular formula is C24H28ClN3O5. The third-order valence-electron chi connectivity index (χ3n) is 5.44.